The van der Waals surface area contributed by atoms with Crippen molar-refractivity contribution in [1.82, 2.24) is 5.32 Å². The number of carboxylic acids is 1. The second-order valence-electron chi connectivity index (χ2n) is 4.38. The molecule has 0 saturated heterocycles. The normalized spacial score (nSPS) is 10.6. The van der Waals surface area contributed by atoms with E-state index in [-0.39, 0.29) is 5.56 Å². The number of aryl methyl sites for hydroxylation is 1. The molecular weight excluding hydrogens is 242 g/mol. The number of carbonyl (C=O) groups is 1. The molecule has 2 N–H and O–H groups in total. The van der Waals surface area contributed by atoms with Gasteiger partial charge in [-0.25, -0.2) is 4.79 Å². The van der Waals surface area contributed by atoms with E-state index in [0.29, 0.717) is 12.3 Å². The highest BCUT2D eigenvalue weighted by Crippen LogP contribution is 2.08. The number of hydrogen-bond acceptors (Lipinski definition) is 3. The lowest BCUT2D eigenvalue weighted by Gasteiger charge is -2.04. The van der Waals surface area contributed by atoms with E-state index in [1.54, 1.807) is 0 Å². The van der Waals surface area contributed by atoms with Crippen molar-refractivity contribution in [3.63, 3.8) is 0 Å². The topological polar surface area (TPSA) is 62.5 Å². The lowest BCUT2D eigenvalue weighted by Crippen LogP contribution is -2.12. The lowest BCUT2D eigenvalue weighted by molar-refractivity contribution is 0.0696. The summed E-state index contributed by atoms with van der Waals surface area (Å²) in [6.07, 6.45) is 2.30. The first kappa shape index (κ1) is 13.4. The molecule has 1 heterocycles. The van der Waals surface area contributed by atoms with Crippen molar-refractivity contribution < 1.29 is 14.3 Å². The average Bonchev–Trinajstić information content (AvgIpc) is 2.89. The van der Waals surface area contributed by atoms with Crippen LogP contribution in [0.5, 0.6) is 0 Å². The molecule has 2 aromatic rings. The van der Waals surface area contributed by atoms with Gasteiger partial charge in [0, 0.05) is 6.54 Å². The minimum atomic E-state index is -0.967. The molecule has 19 heavy (non-hydrogen) atoms. The third kappa shape index (κ3) is 3.69. The zero-order valence-electron chi connectivity index (χ0n) is 10.8. The maximum atomic E-state index is 10.7. The van der Waals surface area contributed by atoms with E-state index < -0.39 is 5.97 Å². The molecule has 0 spiro atoms. The number of benzene rings is 1. The summed E-state index contributed by atoms with van der Waals surface area (Å²) in [7, 11) is 0. The van der Waals surface area contributed by atoms with E-state index in [1.807, 2.05) is 0 Å². The molecule has 0 aliphatic carbocycles. The Bertz CT molecular complexity index is 543. The van der Waals surface area contributed by atoms with E-state index in [2.05, 4.69) is 36.5 Å². The van der Waals surface area contributed by atoms with Gasteiger partial charge in [-0.15, -0.1) is 0 Å². The Hall–Kier alpha value is -2.07. The minimum Gasteiger partial charge on any atom is -0.478 e. The summed E-state index contributed by atoms with van der Waals surface area (Å²) in [5, 5.41) is 12.0. The van der Waals surface area contributed by atoms with Crippen LogP contribution in [-0.4, -0.2) is 11.1 Å². The Morgan fingerprint density at radius 1 is 1.21 bits per heavy atom. The molecule has 0 radical (unpaired) electrons. The molecule has 0 unspecified atom stereocenters. The summed E-state index contributed by atoms with van der Waals surface area (Å²) in [5.74, 6) is -0.340. The zero-order valence-corrected chi connectivity index (χ0v) is 10.8. The molecule has 0 atom stereocenters. The number of hydrogen-bond donors (Lipinski definition) is 2. The summed E-state index contributed by atoms with van der Waals surface area (Å²) in [4.78, 5) is 10.7. The van der Waals surface area contributed by atoms with Crippen LogP contribution in [0.25, 0.3) is 0 Å². The van der Waals surface area contributed by atoms with Crippen LogP contribution < -0.4 is 5.32 Å². The van der Waals surface area contributed by atoms with Gasteiger partial charge in [0.1, 0.15) is 12.0 Å². The van der Waals surface area contributed by atoms with E-state index >= 15 is 0 Å². The van der Waals surface area contributed by atoms with Gasteiger partial charge in [-0.2, -0.15) is 0 Å². The second kappa shape index (κ2) is 6.20. The third-order valence-corrected chi connectivity index (χ3v) is 2.96. The minimum absolute atomic E-state index is 0.184. The smallest absolute Gasteiger partial charge is 0.338 e. The van der Waals surface area contributed by atoms with Crippen LogP contribution in [0.3, 0.4) is 0 Å². The number of aromatic carboxylic acids is 1. The Kier molecular flexibility index (Phi) is 4.36. The number of nitrogens with one attached hydrogen (secondary N) is 1. The Labute approximate surface area is 112 Å². The predicted octanol–water partition coefficient (Wildman–Crippen LogP) is 2.83. The lowest BCUT2D eigenvalue weighted by atomic mass is 10.1. The van der Waals surface area contributed by atoms with E-state index in [4.69, 9.17) is 9.52 Å². The van der Waals surface area contributed by atoms with Gasteiger partial charge in [0.05, 0.1) is 12.1 Å². The molecule has 4 heteroatoms. The fraction of sp³-hybridized carbons (Fsp3) is 0.267. The standard InChI is InChI=1S/C15H17NO3/c1-2-11-3-5-12(6-4-11)8-16-9-14-7-13(10-19-14)15(17)18/h3-7,10,16H,2,8-9H2,1H3,(H,17,18). The van der Waals surface area contributed by atoms with Gasteiger partial charge in [0.15, 0.2) is 0 Å². The summed E-state index contributed by atoms with van der Waals surface area (Å²) >= 11 is 0. The van der Waals surface area contributed by atoms with Crippen LogP contribution in [0.4, 0.5) is 0 Å². The van der Waals surface area contributed by atoms with Crippen LogP contribution in [0, 0.1) is 0 Å². The van der Waals surface area contributed by atoms with Crippen LogP contribution in [0.2, 0.25) is 0 Å². The number of furan rings is 1. The second-order valence-corrected chi connectivity index (χ2v) is 4.38. The van der Waals surface area contributed by atoms with Gasteiger partial charge in [0.2, 0.25) is 0 Å². The molecular formula is C15H17NO3. The van der Waals surface area contributed by atoms with Crippen molar-refractivity contribution in [3.05, 3.63) is 59.0 Å². The Balaban J connectivity index is 1.83. The van der Waals surface area contributed by atoms with Crippen molar-refractivity contribution in [2.45, 2.75) is 26.4 Å². The fourth-order valence-electron chi connectivity index (χ4n) is 1.81. The van der Waals surface area contributed by atoms with Gasteiger partial charge < -0.3 is 14.8 Å². The first-order valence-electron chi connectivity index (χ1n) is 6.28. The van der Waals surface area contributed by atoms with Crippen LogP contribution in [0.1, 0.15) is 34.2 Å². The molecule has 0 fully saturated rings. The molecule has 100 valence electrons. The van der Waals surface area contributed by atoms with Crippen molar-refractivity contribution in [1.29, 1.82) is 0 Å². The molecule has 0 aliphatic heterocycles. The first-order chi connectivity index (χ1) is 9.19. The third-order valence-electron chi connectivity index (χ3n) is 2.96. The molecule has 1 aromatic heterocycles. The monoisotopic (exact) mass is 259 g/mol. The highest BCUT2D eigenvalue weighted by atomic mass is 16.4. The average molecular weight is 259 g/mol. The van der Waals surface area contributed by atoms with Crippen molar-refractivity contribution >= 4 is 5.97 Å². The van der Waals surface area contributed by atoms with Gasteiger partial charge >= 0.3 is 5.97 Å². The summed E-state index contributed by atoms with van der Waals surface area (Å²) in [6, 6.07) is 9.96. The molecule has 4 nitrogen and oxygen atoms in total. The SMILES string of the molecule is CCc1ccc(CNCc2cc(C(=O)O)co2)cc1. The first-order valence-corrected chi connectivity index (χ1v) is 6.28. The summed E-state index contributed by atoms with van der Waals surface area (Å²) in [5.41, 5.74) is 2.70. The van der Waals surface area contributed by atoms with E-state index in [1.165, 1.54) is 23.5 Å². The van der Waals surface area contributed by atoms with Crippen LogP contribution >= 0.6 is 0 Å². The molecule has 2 rings (SSSR count). The molecule has 0 amide bonds. The van der Waals surface area contributed by atoms with Gasteiger partial charge in [-0.1, -0.05) is 31.2 Å². The van der Waals surface area contributed by atoms with Gasteiger partial charge in [-0.05, 0) is 23.6 Å². The van der Waals surface area contributed by atoms with E-state index in [9.17, 15) is 4.79 Å². The summed E-state index contributed by atoms with van der Waals surface area (Å²) in [6.45, 7) is 3.38. The highest BCUT2D eigenvalue weighted by Gasteiger charge is 2.07. The van der Waals surface area contributed by atoms with Crippen molar-refractivity contribution in [2.24, 2.45) is 0 Å². The molecule has 0 bridgehead atoms. The Morgan fingerprint density at radius 2 is 1.89 bits per heavy atom. The zero-order chi connectivity index (χ0) is 13.7. The summed E-state index contributed by atoms with van der Waals surface area (Å²) < 4.78 is 5.16. The quantitative estimate of drug-likeness (QED) is 0.837. The van der Waals surface area contributed by atoms with Crippen LogP contribution in [0.15, 0.2) is 41.0 Å². The van der Waals surface area contributed by atoms with Crippen molar-refractivity contribution in [3.8, 4) is 0 Å². The number of carboxylic acid groups (broad SMARTS) is 1. The van der Waals surface area contributed by atoms with Gasteiger partial charge in [0.25, 0.3) is 0 Å². The Morgan fingerprint density at radius 3 is 2.47 bits per heavy atom. The van der Waals surface area contributed by atoms with Gasteiger partial charge in [-0.3, -0.25) is 0 Å². The van der Waals surface area contributed by atoms with E-state index in [0.717, 1.165) is 13.0 Å². The molecule has 0 saturated carbocycles. The molecule has 0 aliphatic rings. The van der Waals surface area contributed by atoms with Crippen LogP contribution in [-0.2, 0) is 19.5 Å². The molecule has 1 aromatic carbocycles. The fourth-order valence-corrected chi connectivity index (χ4v) is 1.81. The largest absolute Gasteiger partial charge is 0.478 e. The van der Waals surface area contributed by atoms with Crippen molar-refractivity contribution in [2.75, 3.05) is 0 Å². The maximum Gasteiger partial charge on any atom is 0.338 e. The highest BCUT2D eigenvalue weighted by molar-refractivity contribution is 5.87. The maximum absolute atomic E-state index is 10.7. The predicted molar refractivity (Wildman–Crippen MR) is 72.0 cm³/mol. The number of rotatable bonds is 6.